The van der Waals surface area contributed by atoms with Crippen molar-refractivity contribution in [1.29, 1.82) is 0 Å². The molecule has 0 heterocycles. The first-order chi connectivity index (χ1) is 8.19. The first kappa shape index (κ1) is 12.2. The molecule has 1 aromatic rings. The Hall–Kier alpha value is -1.29. The number of anilines is 1. The normalized spacial score (nSPS) is 24.4. The van der Waals surface area contributed by atoms with E-state index in [1.165, 1.54) is 13.2 Å². The van der Waals surface area contributed by atoms with Crippen molar-refractivity contribution in [1.82, 2.24) is 0 Å². The van der Waals surface area contributed by atoms with Crippen LogP contribution in [0.1, 0.15) is 25.7 Å². The molecule has 0 aliphatic heterocycles. The number of halogens is 1. The Morgan fingerprint density at radius 3 is 2.59 bits per heavy atom. The van der Waals surface area contributed by atoms with Gasteiger partial charge in [0.1, 0.15) is 0 Å². The van der Waals surface area contributed by atoms with Crippen LogP contribution in [0.3, 0.4) is 0 Å². The Kier molecular flexibility index (Phi) is 3.84. The summed E-state index contributed by atoms with van der Waals surface area (Å²) in [5, 5.41) is 12.7. The molecule has 1 saturated carbocycles. The second kappa shape index (κ2) is 5.36. The Morgan fingerprint density at radius 2 is 2.00 bits per heavy atom. The van der Waals surface area contributed by atoms with E-state index in [1.54, 1.807) is 6.07 Å². The molecule has 3 nitrogen and oxygen atoms in total. The quantitative estimate of drug-likeness (QED) is 0.851. The van der Waals surface area contributed by atoms with E-state index < -0.39 is 0 Å². The lowest BCUT2D eigenvalue weighted by molar-refractivity contribution is 0.126. The summed E-state index contributed by atoms with van der Waals surface area (Å²) in [7, 11) is 1.45. The molecule has 1 fully saturated rings. The fourth-order valence-corrected chi connectivity index (χ4v) is 2.21. The summed E-state index contributed by atoms with van der Waals surface area (Å²) >= 11 is 0. The van der Waals surface area contributed by atoms with Crippen LogP contribution in [0.25, 0.3) is 0 Å². The number of aliphatic hydroxyl groups excluding tert-OH is 1. The standard InChI is InChI=1S/C13H18FNO2/c1-17-13-7-4-10(8-12(13)14)15-9-2-5-11(16)6-3-9/h4,7-9,11,15-16H,2-3,5-6H2,1H3. The van der Waals surface area contributed by atoms with Crippen LogP contribution in [0.4, 0.5) is 10.1 Å². The highest BCUT2D eigenvalue weighted by Gasteiger charge is 2.19. The van der Waals surface area contributed by atoms with Crippen molar-refractivity contribution in [3.63, 3.8) is 0 Å². The third-order valence-corrected chi connectivity index (χ3v) is 3.22. The van der Waals surface area contributed by atoms with Crippen LogP contribution in [0, 0.1) is 5.82 Å². The predicted octanol–water partition coefficient (Wildman–Crippen LogP) is 2.55. The highest BCUT2D eigenvalue weighted by Crippen LogP contribution is 2.25. The van der Waals surface area contributed by atoms with Gasteiger partial charge in [-0.3, -0.25) is 0 Å². The van der Waals surface area contributed by atoms with Gasteiger partial charge in [-0.25, -0.2) is 4.39 Å². The molecule has 94 valence electrons. The number of hydrogen-bond donors (Lipinski definition) is 2. The van der Waals surface area contributed by atoms with Crippen molar-refractivity contribution in [3.05, 3.63) is 24.0 Å². The smallest absolute Gasteiger partial charge is 0.167 e. The number of aliphatic hydroxyl groups is 1. The van der Waals surface area contributed by atoms with Gasteiger partial charge in [-0.2, -0.15) is 0 Å². The molecular weight excluding hydrogens is 221 g/mol. The lowest BCUT2D eigenvalue weighted by Gasteiger charge is -2.27. The van der Waals surface area contributed by atoms with E-state index >= 15 is 0 Å². The third kappa shape index (κ3) is 3.09. The maximum Gasteiger partial charge on any atom is 0.167 e. The SMILES string of the molecule is COc1ccc(NC2CCC(O)CC2)cc1F. The minimum Gasteiger partial charge on any atom is -0.494 e. The third-order valence-electron chi connectivity index (χ3n) is 3.22. The van der Waals surface area contributed by atoms with Gasteiger partial charge in [0, 0.05) is 17.8 Å². The van der Waals surface area contributed by atoms with Gasteiger partial charge < -0.3 is 15.2 Å². The highest BCUT2D eigenvalue weighted by atomic mass is 19.1. The largest absolute Gasteiger partial charge is 0.494 e. The number of methoxy groups -OCH3 is 1. The molecule has 2 rings (SSSR count). The second-order valence-electron chi connectivity index (χ2n) is 4.50. The van der Waals surface area contributed by atoms with Gasteiger partial charge >= 0.3 is 0 Å². The van der Waals surface area contributed by atoms with Gasteiger partial charge in [-0.1, -0.05) is 0 Å². The van der Waals surface area contributed by atoms with Crippen LogP contribution in [0.15, 0.2) is 18.2 Å². The Morgan fingerprint density at radius 1 is 1.29 bits per heavy atom. The molecule has 1 aromatic carbocycles. The summed E-state index contributed by atoms with van der Waals surface area (Å²) < 4.78 is 18.3. The molecule has 0 radical (unpaired) electrons. The van der Waals surface area contributed by atoms with Crippen LogP contribution in [-0.2, 0) is 0 Å². The van der Waals surface area contributed by atoms with Crippen molar-refractivity contribution in [2.24, 2.45) is 0 Å². The fraction of sp³-hybridized carbons (Fsp3) is 0.538. The van der Waals surface area contributed by atoms with Crippen LogP contribution in [0.5, 0.6) is 5.75 Å². The van der Waals surface area contributed by atoms with Crippen LogP contribution >= 0.6 is 0 Å². The number of ether oxygens (including phenoxy) is 1. The molecule has 1 aliphatic carbocycles. The summed E-state index contributed by atoms with van der Waals surface area (Å²) in [6.45, 7) is 0. The van der Waals surface area contributed by atoms with Crippen molar-refractivity contribution in [2.45, 2.75) is 37.8 Å². The molecule has 17 heavy (non-hydrogen) atoms. The molecule has 4 heteroatoms. The zero-order chi connectivity index (χ0) is 12.3. The van der Waals surface area contributed by atoms with E-state index in [0.29, 0.717) is 6.04 Å². The average molecular weight is 239 g/mol. The number of benzene rings is 1. The van der Waals surface area contributed by atoms with Gasteiger partial charge in [-0.15, -0.1) is 0 Å². The van der Waals surface area contributed by atoms with E-state index in [-0.39, 0.29) is 17.7 Å². The average Bonchev–Trinajstić information content (AvgIpc) is 2.32. The molecule has 1 aliphatic rings. The zero-order valence-electron chi connectivity index (χ0n) is 9.95. The molecule has 0 unspecified atom stereocenters. The number of rotatable bonds is 3. The van der Waals surface area contributed by atoms with Gasteiger partial charge in [0.05, 0.1) is 13.2 Å². The molecule has 0 spiro atoms. The van der Waals surface area contributed by atoms with E-state index in [9.17, 15) is 9.50 Å². The molecule has 0 amide bonds. The van der Waals surface area contributed by atoms with Gasteiger partial charge in [0.15, 0.2) is 11.6 Å². The molecule has 2 N–H and O–H groups in total. The lowest BCUT2D eigenvalue weighted by Crippen LogP contribution is -2.28. The van der Waals surface area contributed by atoms with Crippen molar-refractivity contribution in [2.75, 3.05) is 12.4 Å². The van der Waals surface area contributed by atoms with E-state index in [2.05, 4.69) is 5.32 Å². The first-order valence-electron chi connectivity index (χ1n) is 5.97. The minimum atomic E-state index is -0.353. The summed E-state index contributed by atoms with van der Waals surface area (Å²) in [5.74, 6) is -0.0945. The number of nitrogens with one attached hydrogen (secondary N) is 1. The van der Waals surface area contributed by atoms with Crippen molar-refractivity contribution in [3.8, 4) is 5.75 Å². The van der Waals surface area contributed by atoms with Gasteiger partial charge in [-0.05, 0) is 37.8 Å². The summed E-state index contributed by atoms with van der Waals surface area (Å²) in [6, 6.07) is 5.21. The first-order valence-corrected chi connectivity index (χ1v) is 5.97. The zero-order valence-corrected chi connectivity index (χ0v) is 9.95. The van der Waals surface area contributed by atoms with Crippen LogP contribution in [0.2, 0.25) is 0 Å². The van der Waals surface area contributed by atoms with Crippen LogP contribution in [-0.4, -0.2) is 24.4 Å². The molecule has 0 bridgehead atoms. The minimum absolute atomic E-state index is 0.166. The molecule has 0 saturated heterocycles. The van der Waals surface area contributed by atoms with E-state index in [1.807, 2.05) is 6.07 Å². The summed E-state index contributed by atoms with van der Waals surface area (Å²) in [4.78, 5) is 0. The topological polar surface area (TPSA) is 41.5 Å². The lowest BCUT2D eigenvalue weighted by atomic mass is 9.93. The second-order valence-corrected chi connectivity index (χ2v) is 4.50. The summed E-state index contributed by atoms with van der Waals surface area (Å²) in [5.41, 5.74) is 0.768. The summed E-state index contributed by atoms with van der Waals surface area (Å²) in [6.07, 6.45) is 3.32. The molecule has 0 atom stereocenters. The van der Waals surface area contributed by atoms with Crippen LogP contribution < -0.4 is 10.1 Å². The van der Waals surface area contributed by atoms with E-state index in [4.69, 9.17) is 4.74 Å². The van der Waals surface area contributed by atoms with Gasteiger partial charge in [0.2, 0.25) is 0 Å². The maximum atomic E-state index is 13.5. The predicted molar refractivity (Wildman–Crippen MR) is 64.8 cm³/mol. The van der Waals surface area contributed by atoms with Crippen molar-refractivity contribution < 1.29 is 14.2 Å². The van der Waals surface area contributed by atoms with Gasteiger partial charge in [0.25, 0.3) is 0 Å². The Balaban J connectivity index is 1.97. The van der Waals surface area contributed by atoms with Crippen molar-refractivity contribution >= 4 is 5.69 Å². The Bertz CT molecular complexity index is 376. The number of hydrogen-bond acceptors (Lipinski definition) is 3. The monoisotopic (exact) mass is 239 g/mol. The highest BCUT2D eigenvalue weighted by molar-refractivity contribution is 5.48. The fourth-order valence-electron chi connectivity index (χ4n) is 2.21. The molecular formula is C13H18FNO2. The molecule has 0 aromatic heterocycles. The van der Waals surface area contributed by atoms with E-state index in [0.717, 1.165) is 31.4 Å². The Labute approximate surface area is 101 Å². The maximum absolute atomic E-state index is 13.5.